The highest BCUT2D eigenvalue weighted by Crippen LogP contribution is 2.45. The summed E-state index contributed by atoms with van der Waals surface area (Å²) in [5, 5.41) is 0. The molecule has 1 atom stereocenters. The standard InChI is InChI=1S/C20H28N2O4/c1-15(23)22-12-16(13-25-2)20(14-22)8-10-21(11-9-20)19(24)17-6-4-5-7-18(17)26-3/h4-7,16H,8-14H2,1-3H3. The van der Waals surface area contributed by atoms with Crippen LogP contribution in [0.25, 0.3) is 0 Å². The van der Waals surface area contributed by atoms with Crippen LogP contribution < -0.4 is 4.74 Å². The van der Waals surface area contributed by atoms with Gasteiger partial charge in [0.05, 0.1) is 19.3 Å². The monoisotopic (exact) mass is 360 g/mol. The second kappa shape index (κ2) is 7.66. The van der Waals surface area contributed by atoms with Crippen LogP contribution in [0.1, 0.15) is 30.1 Å². The molecule has 3 rings (SSSR count). The average molecular weight is 360 g/mol. The lowest BCUT2D eigenvalue weighted by molar-refractivity contribution is -0.128. The van der Waals surface area contributed by atoms with Gasteiger partial charge in [0.25, 0.3) is 5.91 Å². The lowest BCUT2D eigenvalue weighted by Gasteiger charge is -2.42. The van der Waals surface area contributed by atoms with E-state index in [-0.39, 0.29) is 17.2 Å². The first kappa shape index (κ1) is 18.7. The first-order valence-corrected chi connectivity index (χ1v) is 9.17. The lowest BCUT2D eigenvalue weighted by Crippen LogP contribution is -2.47. The number of carbonyl (C=O) groups is 2. The van der Waals surface area contributed by atoms with Crippen LogP contribution in [-0.2, 0) is 9.53 Å². The Labute approximate surface area is 155 Å². The molecule has 0 aromatic heterocycles. The molecular weight excluding hydrogens is 332 g/mol. The maximum absolute atomic E-state index is 12.9. The van der Waals surface area contributed by atoms with Crippen molar-refractivity contribution in [1.29, 1.82) is 0 Å². The SMILES string of the molecule is COCC1CN(C(C)=O)CC12CCN(C(=O)c1ccccc1OC)CC2. The number of piperidine rings is 1. The molecule has 142 valence electrons. The molecule has 2 aliphatic rings. The van der Waals surface area contributed by atoms with Gasteiger partial charge in [0.1, 0.15) is 5.75 Å². The molecule has 2 saturated heterocycles. The number of likely N-dealkylation sites (tertiary alicyclic amines) is 2. The molecule has 0 bridgehead atoms. The van der Waals surface area contributed by atoms with Crippen molar-refractivity contribution in [3.05, 3.63) is 29.8 Å². The molecule has 0 radical (unpaired) electrons. The van der Waals surface area contributed by atoms with Gasteiger partial charge in [-0.2, -0.15) is 0 Å². The van der Waals surface area contributed by atoms with E-state index in [1.165, 1.54) is 0 Å². The summed E-state index contributed by atoms with van der Waals surface area (Å²) in [6, 6.07) is 7.35. The first-order chi connectivity index (χ1) is 12.5. The van der Waals surface area contributed by atoms with E-state index in [1.807, 2.05) is 34.1 Å². The third-order valence-corrected chi connectivity index (χ3v) is 6.01. The first-order valence-electron chi connectivity index (χ1n) is 9.17. The summed E-state index contributed by atoms with van der Waals surface area (Å²) in [6.45, 7) is 5.20. The van der Waals surface area contributed by atoms with Crippen molar-refractivity contribution in [2.45, 2.75) is 19.8 Å². The summed E-state index contributed by atoms with van der Waals surface area (Å²) in [5.74, 6) is 1.08. The van der Waals surface area contributed by atoms with Crippen molar-refractivity contribution in [3.8, 4) is 5.75 Å². The summed E-state index contributed by atoms with van der Waals surface area (Å²) in [4.78, 5) is 28.6. The Balaban J connectivity index is 1.71. The molecule has 1 aromatic carbocycles. The van der Waals surface area contributed by atoms with Crippen molar-refractivity contribution in [2.75, 3.05) is 47.0 Å². The second-order valence-electron chi connectivity index (χ2n) is 7.41. The van der Waals surface area contributed by atoms with Gasteiger partial charge in [-0.05, 0) is 30.4 Å². The molecule has 1 aromatic rings. The highest BCUT2D eigenvalue weighted by atomic mass is 16.5. The lowest BCUT2D eigenvalue weighted by atomic mass is 9.71. The summed E-state index contributed by atoms with van der Waals surface area (Å²) < 4.78 is 10.8. The predicted molar refractivity (Wildman–Crippen MR) is 98.2 cm³/mol. The van der Waals surface area contributed by atoms with Crippen molar-refractivity contribution in [2.24, 2.45) is 11.3 Å². The van der Waals surface area contributed by atoms with Gasteiger partial charge >= 0.3 is 0 Å². The van der Waals surface area contributed by atoms with Gasteiger partial charge in [0.2, 0.25) is 5.91 Å². The Morgan fingerprint density at radius 3 is 2.46 bits per heavy atom. The number of hydrogen-bond donors (Lipinski definition) is 0. The smallest absolute Gasteiger partial charge is 0.257 e. The molecule has 1 spiro atoms. The molecule has 6 heteroatoms. The summed E-state index contributed by atoms with van der Waals surface area (Å²) in [7, 11) is 3.30. The van der Waals surface area contributed by atoms with E-state index < -0.39 is 0 Å². The normalized spacial score (nSPS) is 21.9. The zero-order chi connectivity index (χ0) is 18.7. The third-order valence-electron chi connectivity index (χ3n) is 6.01. The fraction of sp³-hybridized carbons (Fsp3) is 0.600. The van der Waals surface area contributed by atoms with Crippen LogP contribution in [-0.4, -0.2) is 68.6 Å². The Kier molecular flexibility index (Phi) is 5.51. The summed E-state index contributed by atoms with van der Waals surface area (Å²) >= 11 is 0. The fourth-order valence-electron chi connectivity index (χ4n) is 4.42. The molecule has 0 N–H and O–H groups in total. The van der Waals surface area contributed by atoms with Crippen molar-refractivity contribution in [3.63, 3.8) is 0 Å². The average Bonchev–Trinajstić information content (AvgIpc) is 3.00. The van der Waals surface area contributed by atoms with Crippen LogP contribution in [0.3, 0.4) is 0 Å². The molecule has 1 unspecified atom stereocenters. The van der Waals surface area contributed by atoms with Crippen LogP contribution in [0.15, 0.2) is 24.3 Å². The quantitative estimate of drug-likeness (QED) is 0.825. The largest absolute Gasteiger partial charge is 0.496 e. The van der Waals surface area contributed by atoms with Crippen LogP contribution >= 0.6 is 0 Å². The third kappa shape index (κ3) is 3.43. The van der Waals surface area contributed by atoms with E-state index >= 15 is 0 Å². The number of benzene rings is 1. The molecule has 6 nitrogen and oxygen atoms in total. The van der Waals surface area contributed by atoms with Crippen LogP contribution in [0.4, 0.5) is 0 Å². The highest BCUT2D eigenvalue weighted by molar-refractivity contribution is 5.97. The molecule has 2 aliphatic heterocycles. The molecule has 0 saturated carbocycles. The molecule has 26 heavy (non-hydrogen) atoms. The molecular formula is C20H28N2O4. The minimum Gasteiger partial charge on any atom is -0.496 e. The van der Waals surface area contributed by atoms with Gasteiger partial charge in [-0.3, -0.25) is 9.59 Å². The number of methoxy groups -OCH3 is 2. The number of rotatable bonds is 4. The minimum atomic E-state index is 0.0158. The molecule has 2 amide bonds. The van der Waals surface area contributed by atoms with E-state index in [0.717, 1.165) is 25.9 Å². The van der Waals surface area contributed by atoms with Gasteiger partial charge in [0, 0.05) is 46.1 Å². The number of amides is 2. The number of hydrogen-bond acceptors (Lipinski definition) is 4. The maximum atomic E-state index is 12.9. The summed E-state index contributed by atoms with van der Waals surface area (Å²) in [5.41, 5.74) is 0.662. The van der Waals surface area contributed by atoms with Crippen LogP contribution in [0.2, 0.25) is 0 Å². The van der Waals surface area contributed by atoms with Gasteiger partial charge < -0.3 is 19.3 Å². The van der Waals surface area contributed by atoms with E-state index in [9.17, 15) is 9.59 Å². The Morgan fingerprint density at radius 1 is 1.15 bits per heavy atom. The fourth-order valence-corrected chi connectivity index (χ4v) is 4.42. The number of para-hydroxylation sites is 1. The van der Waals surface area contributed by atoms with E-state index in [1.54, 1.807) is 21.1 Å². The Bertz CT molecular complexity index is 668. The van der Waals surface area contributed by atoms with Crippen LogP contribution in [0.5, 0.6) is 5.75 Å². The number of ether oxygens (including phenoxy) is 2. The number of nitrogens with zero attached hydrogens (tertiary/aromatic N) is 2. The summed E-state index contributed by atoms with van der Waals surface area (Å²) in [6.07, 6.45) is 1.79. The molecule has 2 heterocycles. The van der Waals surface area contributed by atoms with Crippen molar-refractivity contribution in [1.82, 2.24) is 9.80 Å². The topological polar surface area (TPSA) is 59.1 Å². The Hall–Kier alpha value is -2.08. The zero-order valence-electron chi connectivity index (χ0n) is 15.9. The second-order valence-corrected chi connectivity index (χ2v) is 7.41. The molecule has 0 aliphatic carbocycles. The Morgan fingerprint density at radius 2 is 1.85 bits per heavy atom. The van der Waals surface area contributed by atoms with E-state index in [4.69, 9.17) is 9.47 Å². The van der Waals surface area contributed by atoms with Crippen molar-refractivity contribution >= 4 is 11.8 Å². The van der Waals surface area contributed by atoms with Crippen LogP contribution in [0, 0.1) is 11.3 Å². The zero-order valence-corrected chi connectivity index (χ0v) is 15.9. The van der Waals surface area contributed by atoms with Gasteiger partial charge in [0.15, 0.2) is 0 Å². The highest BCUT2D eigenvalue weighted by Gasteiger charge is 2.49. The van der Waals surface area contributed by atoms with Gasteiger partial charge in [-0.15, -0.1) is 0 Å². The predicted octanol–water partition coefficient (Wildman–Crippen LogP) is 2.04. The minimum absolute atomic E-state index is 0.0158. The maximum Gasteiger partial charge on any atom is 0.257 e. The van der Waals surface area contributed by atoms with E-state index in [2.05, 4.69) is 0 Å². The molecule has 2 fully saturated rings. The van der Waals surface area contributed by atoms with Crippen molar-refractivity contribution < 1.29 is 19.1 Å². The number of carbonyl (C=O) groups excluding carboxylic acids is 2. The van der Waals surface area contributed by atoms with Gasteiger partial charge in [-0.1, -0.05) is 12.1 Å². The van der Waals surface area contributed by atoms with E-state index in [0.29, 0.717) is 36.9 Å². The van der Waals surface area contributed by atoms with Gasteiger partial charge in [-0.25, -0.2) is 0 Å².